The zero-order valence-corrected chi connectivity index (χ0v) is 8.94. The highest BCUT2D eigenvalue weighted by molar-refractivity contribution is 5.96. The first-order valence-corrected chi connectivity index (χ1v) is 5.16. The highest BCUT2D eigenvalue weighted by Crippen LogP contribution is 2.29. The quantitative estimate of drug-likeness (QED) is 0.481. The maximum absolute atomic E-state index is 5.89. The first-order chi connectivity index (χ1) is 7.83. The minimum Gasteiger partial charge on any atom is -0.492 e. The Labute approximate surface area is 95.0 Å². The molecule has 0 saturated carbocycles. The second-order valence-corrected chi connectivity index (χ2v) is 3.50. The highest BCUT2D eigenvalue weighted by atomic mass is 16.5. The fraction of sp³-hybridized carbons (Fsp3) is 0.143. The van der Waals surface area contributed by atoms with Crippen LogP contribution in [0.15, 0.2) is 36.4 Å². The number of ether oxygens (including phenoxy) is 1. The summed E-state index contributed by atoms with van der Waals surface area (Å²) < 4.78 is 5.62. The van der Waals surface area contributed by atoms with Gasteiger partial charge in [0.1, 0.15) is 5.75 Å². The molecule has 0 unspecified atom stereocenters. The number of anilines is 1. The molecule has 0 amide bonds. The van der Waals surface area contributed by atoms with E-state index in [1.54, 1.807) is 0 Å². The number of hydrogen-bond acceptors (Lipinski definition) is 2. The molecular weight excluding hydrogens is 198 g/mol. The Bertz CT molecular complexity index is 540. The van der Waals surface area contributed by atoms with Gasteiger partial charge in [0.05, 0.1) is 6.61 Å². The summed E-state index contributed by atoms with van der Waals surface area (Å²) >= 11 is 0. The number of terminal acetylenes is 1. The molecule has 0 radical (unpaired) electrons. The van der Waals surface area contributed by atoms with Crippen LogP contribution in [0.25, 0.3) is 10.8 Å². The van der Waals surface area contributed by atoms with E-state index in [0.717, 1.165) is 22.2 Å². The van der Waals surface area contributed by atoms with E-state index in [1.807, 2.05) is 36.4 Å². The third-order valence-electron chi connectivity index (χ3n) is 2.42. The Morgan fingerprint density at radius 2 is 1.88 bits per heavy atom. The fourth-order valence-electron chi connectivity index (χ4n) is 1.64. The van der Waals surface area contributed by atoms with Gasteiger partial charge in [-0.25, -0.2) is 0 Å². The van der Waals surface area contributed by atoms with Crippen LogP contribution in [-0.4, -0.2) is 6.61 Å². The average Bonchev–Trinajstić information content (AvgIpc) is 2.33. The smallest absolute Gasteiger partial charge is 0.127 e. The number of nitrogen functional groups attached to an aromatic ring is 1. The van der Waals surface area contributed by atoms with E-state index in [2.05, 4.69) is 5.92 Å². The Balaban J connectivity index is 2.39. The fourth-order valence-corrected chi connectivity index (χ4v) is 1.64. The van der Waals surface area contributed by atoms with Crippen molar-refractivity contribution >= 4 is 16.5 Å². The average molecular weight is 211 g/mol. The van der Waals surface area contributed by atoms with E-state index in [-0.39, 0.29) is 0 Å². The Morgan fingerprint density at radius 1 is 1.12 bits per heavy atom. The number of hydrogen-bond donors (Lipinski definition) is 1. The Kier molecular flexibility index (Phi) is 2.98. The summed E-state index contributed by atoms with van der Waals surface area (Å²) in [4.78, 5) is 0. The number of fused-ring (bicyclic) bond motifs is 1. The summed E-state index contributed by atoms with van der Waals surface area (Å²) in [6.45, 7) is 0.532. The molecule has 0 bridgehead atoms. The lowest BCUT2D eigenvalue weighted by Gasteiger charge is -2.09. The monoisotopic (exact) mass is 211 g/mol. The highest BCUT2D eigenvalue weighted by Gasteiger charge is 2.03. The van der Waals surface area contributed by atoms with Crippen LogP contribution in [0.2, 0.25) is 0 Å². The normalized spacial score (nSPS) is 9.94. The largest absolute Gasteiger partial charge is 0.492 e. The maximum atomic E-state index is 5.89. The van der Waals surface area contributed by atoms with Crippen molar-refractivity contribution in [3.8, 4) is 18.1 Å². The van der Waals surface area contributed by atoms with E-state index >= 15 is 0 Å². The molecule has 0 spiro atoms. The van der Waals surface area contributed by atoms with Gasteiger partial charge in [-0.3, -0.25) is 0 Å². The molecule has 0 aliphatic heterocycles. The minimum absolute atomic E-state index is 0.532. The van der Waals surface area contributed by atoms with Crippen LogP contribution in [0, 0.1) is 12.3 Å². The van der Waals surface area contributed by atoms with Gasteiger partial charge in [-0.05, 0) is 12.1 Å². The molecule has 2 aromatic rings. The second-order valence-electron chi connectivity index (χ2n) is 3.50. The van der Waals surface area contributed by atoms with Gasteiger partial charge in [-0.15, -0.1) is 12.3 Å². The van der Waals surface area contributed by atoms with Crippen molar-refractivity contribution < 1.29 is 4.74 Å². The molecule has 0 aliphatic rings. The zero-order valence-electron chi connectivity index (χ0n) is 8.94. The molecule has 2 aromatic carbocycles. The molecule has 0 aromatic heterocycles. The summed E-state index contributed by atoms with van der Waals surface area (Å²) in [6.07, 6.45) is 5.79. The second kappa shape index (κ2) is 4.59. The molecule has 2 nitrogen and oxygen atoms in total. The minimum atomic E-state index is 0.532. The van der Waals surface area contributed by atoms with Gasteiger partial charge >= 0.3 is 0 Å². The third-order valence-corrected chi connectivity index (χ3v) is 2.42. The molecule has 80 valence electrons. The van der Waals surface area contributed by atoms with Gasteiger partial charge in [0.2, 0.25) is 0 Å². The SMILES string of the molecule is C#CCCOc1ccc(N)c2ccccc12. The predicted molar refractivity (Wildman–Crippen MR) is 67.3 cm³/mol. The topological polar surface area (TPSA) is 35.2 Å². The van der Waals surface area contributed by atoms with Crippen LogP contribution in [0.5, 0.6) is 5.75 Å². The summed E-state index contributed by atoms with van der Waals surface area (Å²) in [5, 5.41) is 2.04. The van der Waals surface area contributed by atoms with Gasteiger partial charge in [0, 0.05) is 22.9 Å². The van der Waals surface area contributed by atoms with Crippen LogP contribution >= 0.6 is 0 Å². The number of benzene rings is 2. The lowest BCUT2D eigenvalue weighted by molar-refractivity contribution is 0.331. The van der Waals surface area contributed by atoms with E-state index in [9.17, 15) is 0 Å². The molecule has 0 fully saturated rings. The summed E-state index contributed by atoms with van der Waals surface area (Å²) in [5.74, 6) is 3.38. The lowest BCUT2D eigenvalue weighted by Crippen LogP contribution is -1.97. The van der Waals surface area contributed by atoms with Crippen molar-refractivity contribution in [1.29, 1.82) is 0 Å². The van der Waals surface area contributed by atoms with Crippen LogP contribution in [-0.2, 0) is 0 Å². The van der Waals surface area contributed by atoms with Gasteiger partial charge in [0.25, 0.3) is 0 Å². The Morgan fingerprint density at radius 3 is 2.62 bits per heavy atom. The zero-order chi connectivity index (χ0) is 11.4. The van der Waals surface area contributed by atoms with Crippen LogP contribution < -0.4 is 10.5 Å². The first kappa shape index (κ1) is 10.4. The summed E-state index contributed by atoms with van der Waals surface area (Å²) in [5.41, 5.74) is 6.66. The van der Waals surface area contributed by atoms with Gasteiger partial charge < -0.3 is 10.5 Å². The molecule has 0 atom stereocenters. The van der Waals surface area contributed by atoms with E-state index < -0.39 is 0 Å². The van der Waals surface area contributed by atoms with Crippen molar-refractivity contribution in [2.24, 2.45) is 0 Å². The lowest BCUT2D eigenvalue weighted by atomic mass is 10.1. The van der Waals surface area contributed by atoms with Crippen LogP contribution in [0.3, 0.4) is 0 Å². The van der Waals surface area contributed by atoms with Crippen LogP contribution in [0.4, 0.5) is 5.69 Å². The molecule has 0 saturated heterocycles. The van der Waals surface area contributed by atoms with E-state index in [0.29, 0.717) is 13.0 Å². The van der Waals surface area contributed by atoms with Crippen molar-refractivity contribution in [3.05, 3.63) is 36.4 Å². The molecule has 2 N–H and O–H groups in total. The first-order valence-electron chi connectivity index (χ1n) is 5.16. The molecule has 2 heteroatoms. The maximum Gasteiger partial charge on any atom is 0.127 e. The van der Waals surface area contributed by atoms with Crippen molar-refractivity contribution in [2.75, 3.05) is 12.3 Å². The molecule has 2 rings (SSSR count). The van der Waals surface area contributed by atoms with Crippen molar-refractivity contribution in [3.63, 3.8) is 0 Å². The van der Waals surface area contributed by atoms with Crippen molar-refractivity contribution in [1.82, 2.24) is 0 Å². The third kappa shape index (κ3) is 1.94. The van der Waals surface area contributed by atoms with E-state index in [4.69, 9.17) is 16.9 Å². The van der Waals surface area contributed by atoms with E-state index in [1.165, 1.54) is 0 Å². The molecular formula is C14H13NO. The summed E-state index contributed by atoms with van der Waals surface area (Å²) in [7, 11) is 0. The van der Waals surface area contributed by atoms with Crippen LogP contribution in [0.1, 0.15) is 6.42 Å². The van der Waals surface area contributed by atoms with Crippen molar-refractivity contribution in [2.45, 2.75) is 6.42 Å². The molecule has 0 aliphatic carbocycles. The predicted octanol–water partition coefficient (Wildman–Crippen LogP) is 2.82. The Hall–Kier alpha value is -2.14. The number of rotatable bonds is 3. The number of nitrogens with two attached hydrogens (primary N) is 1. The van der Waals surface area contributed by atoms with Gasteiger partial charge in [-0.1, -0.05) is 24.3 Å². The molecule has 16 heavy (non-hydrogen) atoms. The van der Waals surface area contributed by atoms with Gasteiger partial charge in [-0.2, -0.15) is 0 Å². The van der Waals surface area contributed by atoms with Gasteiger partial charge in [0.15, 0.2) is 0 Å². The molecule has 0 heterocycles. The summed E-state index contributed by atoms with van der Waals surface area (Å²) in [6, 6.07) is 11.6. The standard InChI is InChI=1S/C14H13NO/c1-2-3-10-16-14-9-8-13(15)11-6-4-5-7-12(11)14/h1,4-9H,3,10,15H2.